The molecule has 1 saturated heterocycles. The first-order valence-corrected chi connectivity index (χ1v) is 6.79. The molecule has 0 amide bonds. The van der Waals surface area contributed by atoms with E-state index in [9.17, 15) is 4.79 Å². The third kappa shape index (κ3) is 1.88. The number of esters is 1. The van der Waals surface area contributed by atoms with Crippen molar-refractivity contribution in [1.29, 1.82) is 0 Å². The Balaban J connectivity index is 2.15. The summed E-state index contributed by atoms with van der Waals surface area (Å²) in [6.45, 7) is 8.89. The van der Waals surface area contributed by atoms with Crippen LogP contribution in [0.5, 0.6) is 0 Å². The van der Waals surface area contributed by atoms with Gasteiger partial charge in [0, 0.05) is 0 Å². The maximum Gasteiger partial charge on any atom is 0.341 e. The number of hydrogen-bond donors (Lipinski definition) is 0. The molecule has 3 nitrogen and oxygen atoms in total. The molecule has 0 aromatic heterocycles. The maximum atomic E-state index is 12.1. The van der Waals surface area contributed by atoms with E-state index in [4.69, 9.17) is 9.47 Å². The van der Waals surface area contributed by atoms with E-state index in [0.29, 0.717) is 12.0 Å². The number of epoxide rings is 1. The van der Waals surface area contributed by atoms with Crippen molar-refractivity contribution in [2.75, 3.05) is 6.61 Å². The fourth-order valence-electron chi connectivity index (χ4n) is 3.44. The van der Waals surface area contributed by atoms with Crippen LogP contribution in [-0.2, 0) is 14.3 Å². The van der Waals surface area contributed by atoms with Gasteiger partial charge in [-0.05, 0) is 38.0 Å². The van der Waals surface area contributed by atoms with E-state index in [1.54, 1.807) is 0 Å². The lowest BCUT2D eigenvalue weighted by Gasteiger charge is -2.18. The summed E-state index contributed by atoms with van der Waals surface area (Å²) in [5.41, 5.74) is -0.535. The molecule has 1 saturated carbocycles. The molecule has 2 fully saturated rings. The fraction of sp³-hybridized carbons (Fsp3) is 0.929. The summed E-state index contributed by atoms with van der Waals surface area (Å²) in [6.07, 6.45) is 4.87. The van der Waals surface area contributed by atoms with Crippen LogP contribution in [0.3, 0.4) is 0 Å². The number of rotatable bonds is 4. The van der Waals surface area contributed by atoms with E-state index in [-0.39, 0.29) is 11.6 Å². The van der Waals surface area contributed by atoms with Crippen LogP contribution < -0.4 is 0 Å². The van der Waals surface area contributed by atoms with Crippen LogP contribution >= 0.6 is 0 Å². The molecule has 0 radical (unpaired) electrons. The molecule has 1 spiro atoms. The Bertz CT molecular complexity index is 323. The second-order valence-corrected chi connectivity index (χ2v) is 6.23. The van der Waals surface area contributed by atoms with Gasteiger partial charge in [-0.1, -0.05) is 27.2 Å². The third-order valence-electron chi connectivity index (χ3n) is 4.24. The largest absolute Gasteiger partial charge is 0.464 e. The van der Waals surface area contributed by atoms with Crippen LogP contribution in [0.25, 0.3) is 0 Å². The average molecular weight is 240 g/mol. The molecule has 0 aromatic rings. The van der Waals surface area contributed by atoms with E-state index >= 15 is 0 Å². The molecule has 1 aliphatic heterocycles. The zero-order valence-corrected chi connectivity index (χ0v) is 11.5. The van der Waals surface area contributed by atoms with E-state index in [1.165, 1.54) is 0 Å². The molecule has 98 valence electrons. The molecular formula is C14H24O3. The Labute approximate surface area is 104 Å². The molecule has 2 atom stereocenters. The Hall–Kier alpha value is -0.570. The summed E-state index contributed by atoms with van der Waals surface area (Å²) in [4.78, 5) is 12.1. The van der Waals surface area contributed by atoms with Gasteiger partial charge in [-0.15, -0.1) is 0 Å². The second kappa shape index (κ2) is 3.98. The highest BCUT2D eigenvalue weighted by Crippen LogP contribution is 2.64. The Morgan fingerprint density at radius 2 is 2.00 bits per heavy atom. The van der Waals surface area contributed by atoms with Gasteiger partial charge in [0.05, 0.1) is 6.61 Å². The van der Waals surface area contributed by atoms with E-state index in [1.807, 2.05) is 6.92 Å². The maximum absolute atomic E-state index is 12.1. The SMILES string of the molecule is CCCC1(C(=O)OCC)OC12CCC(C)(C)C2. The summed E-state index contributed by atoms with van der Waals surface area (Å²) >= 11 is 0. The van der Waals surface area contributed by atoms with Gasteiger partial charge in [-0.25, -0.2) is 4.79 Å². The zero-order chi connectivity index (χ0) is 12.7. The lowest BCUT2D eigenvalue weighted by molar-refractivity contribution is -0.149. The highest BCUT2D eigenvalue weighted by Gasteiger charge is 2.76. The Morgan fingerprint density at radius 1 is 1.29 bits per heavy atom. The van der Waals surface area contributed by atoms with E-state index in [2.05, 4.69) is 20.8 Å². The summed E-state index contributed by atoms with van der Waals surface area (Å²) in [5.74, 6) is -0.139. The first-order valence-electron chi connectivity index (χ1n) is 6.79. The molecule has 1 heterocycles. The van der Waals surface area contributed by atoms with Crippen molar-refractivity contribution in [2.45, 2.75) is 71.0 Å². The minimum atomic E-state index is -0.620. The van der Waals surface area contributed by atoms with Gasteiger partial charge in [0.25, 0.3) is 0 Å². The fourth-order valence-corrected chi connectivity index (χ4v) is 3.44. The number of ether oxygens (including phenoxy) is 2. The highest BCUT2D eigenvalue weighted by atomic mass is 16.7. The van der Waals surface area contributed by atoms with Gasteiger partial charge in [-0.2, -0.15) is 0 Å². The molecule has 1 aliphatic carbocycles. The van der Waals surface area contributed by atoms with Crippen molar-refractivity contribution in [3.63, 3.8) is 0 Å². The van der Waals surface area contributed by atoms with Crippen molar-refractivity contribution in [2.24, 2.45) is 5.41 Å². The second-order valence-electron chi connectivity index (χ2n) is 6.23. The van der Waals surface area contributed by atoms with Crippen molar-refractivity contribution in [3.8, 4) is 0 Å². The predicted molar refractivity (Wildman–Crippen MR) is 65.7 cm³/mol. The Kier molecular flexibility index (Phi) is 3.01. The first-order chi connectivity index (χ1) is 7.91. The normalized spacial score (nSPS) is 38.4. The smallest absolute Gasteiger partial charge is 0.341 e. The van der Waals surface area contributed by atoms with Crippen molar-refractivity contribution < 1.29 is 14.3 Å². The van der Waals surface area contributed by atoms with Gasteiger partial charge in [0.1, 0.15) is 5.60 Å². The van der Waals surface area contributed by atoms with Gasteiger partial charge in [0.2, 0.25) is 0 Å². The minimum absolute atomic E-state index is 0.139. The molecule has 2 unspecified atom stereocenters. The lowest BCUT2D eigenvalue weighted by atomic mass is 9.83. The number of hydrogen-bond acceptors (Lipinski definition) is 3. The summed E-state index contributed by atoms with van der Waals surface area (Å²) in [6, 6.07) is 0. The summed E-state index contributed by atoms with van der Waals surface area (Å²) in [5, 5.41) is 0. The minimum Gasteiger partial charge on any atom is -0.464 e. The van der Waals surface area contributed by atoms with Crippen molar-refractivity contribution in [3.05, 3.63) is 0 Å². The zero-order valence-electron chi connectivity index (χ0n) is 11.5. The number of carbonyl (C=O) groups is 1. The van der Waals surface area contributed by atoms with Crippen molar-refractivity contribution >= 4 is 5.97 Å². The molecule has 2 aliphatic rings. The van der Waals surface area contributed by atoms with E-state index in [0.717, 1.165) is 32.1 Å². The molecule has 2 rings (SSSR count). The topological polar surface area (TPSA) is 38.8 Å². The predicted octanol–water partition coefficient (Wildman–Crippen LogP) is 3.07. The molecule has 17 heavy (non-hydrogen) atoms. The van der Waals surface area contributed by atoms with Gasteiger partial charge in [0.15, 0.2) is 5.60 Å². The molecule has 3 heteroatoms. The van der Waals surface area contributed by atoms with Crippen LogP contribution in [0.15, 0.2) is 0 Å². The average Bonchev–Trinajstić information content (AvgIpc) is 2.73. The Morgan fingerprint density at radius 3 is 2.47 bits per heavy atom. The lowest BCUT2D eigenvalue weighted by Crippen LogP contribution is -2.35. The van der Waals surface area contributed by atoms with Gasteiger partial charge < -0.3 is 9.47 Å². The van der Waals surface area contributed by atoms with Gasteiger partial charge in [-0.3, -0.25) is 0 Å². The molecular weight excluding hydrogens is 216 g/mol. The van der Waals surface area contributed by atoms with E-state index < -0.39 is 5.60 Å². The molecule has 0 bridgehead atoms. The summed E-state index contributed by atoms with van der Waals surface area (Å²) < 4.78 is 11.2. The monoisotopic (exact) mass is 240 g/mol. The first kappa shape index (κ1) is 12.9. The van der Waals surface area contributed by atoms with Crippen LogP contribution in [0.4, 0.5) is 0 Å². The quantitative estimate of drug-likeness (QED) is 0.560. The molecule has 0 aromatic carbocycles. The molecule has 0 N–H and O–H groups in total. The van der Waals surface area contributed by atoms with Crippen molar-refractivity contribution in [1.82, 2.24) is 0 Å². The van der Waals surface area contributed by atoms with Crippen LogP contribution in [0.2, 0.25) is 0 Å². The standard InChI is InChI=1S/C14H24O3/c1-5-7-14(11(15)16-6-2)13(17-14)9-8-12(3,4)10-13/h5-10H2,1-4H3. The van der Waals surface area contributed by atoms with Gasteiger partial charge >= 0.3 is 5.97 Å². The third-order valence-corrected chi connectivity index (χ3v) is 4.24. The summed E-state index contributed by atoms with van der Waals surface area (Å²) in [7, 11) is 0. The van der Waals surface area contributed by atoms with Crippen LogP contribution in [0.1, 0.15) is 59.8 Å². The van der Waals surface area contributed by atoms with Crippen LogP contribution in [0, 0.1) is 5.41 Å². The highest BCUT2D eigenvalue weighted by molar-refractivity contribution is 5.85. The number of carbonyl (C=O) groups excluding carboxylic acids is 1. The van der Waals surface area contributed by atoms with Crippen LogP contribution in [-0.4, -0.2) is 23.8 Å².